The number of nitrogens with one attached hydrogen (secondary N) is 1. The Kier molecular flexibility index (Phi) is 7.32. The number of likely N-dealkylation sites (tertiary alicyclic amines) is 1. The summed E-state index contributed by atoms with van der Waals surface area (Å²) in [6, 6.07) is 1.45. The highest BCUT2D eigenvalue weighted by atomic mass is 19.4. The van der Waals surface area contributed by atoms with Crippen LogP contribution in [0.15, 0.2) is 41.9 Å². The van der Waals surface area contributed by atoms with Gasteiger partial charge in [-0.05, 0) is 43.7 Å². The quantitative estimate of drug-likeness (QED) is 0.614. The standard InChI is InChI=1S/C24H28F3N3O3/c1-14(2)21(31)29-20-8-6-5-7-18-19(20)13-30(23(18)32)16(4)17-11-15(3)22(28-12-17)33-10-9-24(25,26)27/h6-8,11-12,14,16,18-19H,9-10,13H2,1-4H3,(H,29,31). The molecule has 0 spiro atoms. The summed E-state index contributed by atoms with van der Waals surface area (Å²) in [6.07, 6.45) is 1.38. The smallest absolute Gasteiger partial charge is 0.392 e. The molecule has 0 aromatic carbocycles. The van der Waals surface area contributed by atoms with Crippen molar-refractivity contribution in [1.82, 2.24) is 15.2 Å². The highest BCUT2D eigenvalue weighted by molar-refractivity contribution is 5.85. The number of rotatable bonds is 7. The van der Waals surface area contributed by atoms with Crippen molar-refractivity contribution in [2.75, 3.05) is 13.2 Å². The molecule has 3 atom stereocenters. The first-order valence-corrected chi connectivity index (χ1v) is 10.9. The van der Waals surface area contributed by atoms with Gasteiger partial charge in [-0.2, -0.15) is 13.2 Å². The number of amides is 2. The molecule has 0 saturated carbocycles. The summed E-state index contributed by atoms with van der Waals surface area (Å²) in [7, 11) is 0. The van der Waals surface area contributed by atoms with Crippen molar-refractivity contribution >= 4 is 11.8 Å². The predicted octanol–water partition coefficient (Wildman–Crippen LogP) is 4.24. The monoisotopic (exact) mass is 463 g/mol. The van der Waals surface area contributed by atoms with Gasteiger partial charge in [-0.25, -0.2) is 4.98 Å². The van der Waals surface area contributed by atoms with Gasteiger partial charge in [0.25, 0.3) is 0 Å². The van der Waals surface area contributed by atoms with Crippen LogP contribution in [0.1, 0.15) is 44.4 Å². The molecule has 1 saturated heterocycles. The topological polar surface area (TPSA) is 71.5 Å². The minimum atomic E-state index is -4.29. The fraction of sp³-hybridized carbons (Fsp3) is 0.500. The van der Waals surface area contributed by atoms with E-state index in [2.05, 4.69) is 16.0 Å². The number of hydrogen-bond acceptors (Lipinski definition) is 4. The van der Waals surface area contributed by atoms with E-state index in [-0.39, 0.29) is 35.6 Å². The second-order valence-electron chi connectivity index (χ2n) is 8.67. The molecular formula is C24H28F3N3O3. The van der Waals surface area contributed by atoms with E-state index >= 15 is 0 Å². The third-order valence-electron chi connectivity index (χ3n) is 5.85. The number of carbonyl (C=O) groups excluding carboxylic acids is 2. The van der Waals surface area contributed by atoms with Crippen LogP contribution < -0.4 is 10.1 Å². The van der Waals surface area contributed by atoms with Gasteiger partial charge >= 0.3 is 6.18 Å². The summed E-state index contributed by atoms with van der Waals surface area (Å²) < 4.78 is 42.2. The Hall–Kier alpha value is -3.06. The lowest BCUT2D eigenvalue weighted by molar-refractivity contribution is -0.139. The summed E-state index contributed by atoms with van der Waals surface area (Å²) in [5.41, 5.74) is 5.02. The van der Waals surface area contributed by atoms with Crippen LogP contribution in [0.5, 0.6) is 5.88 Å². The van der Waals surface area contributed by atoms with Crippen molar-refractivity contribution in [3.05, 3.63) is 53.0 Å². The number of alkyl halides is 3. The highest BCUT2D eigenvalue weighted by Crippen LogP contribution is 2.37. The van der Waals surface area contributed by atoms with Crippen LogP contribution in [0.4, 0.5) is 13.2 Å². The number of ether oxygens (including phenoxy) is 1. The van der Waals surface area contributed by atoms with Crippen molar-refractivity contribution in [1.29, 1.82) is 0 Å². The molecule has 0 radical (unpaired) electrons. The normalized spacial score (nSPS) is 21.0. The van der Waals surface area contributed by atoms with Gasteiger partial charge in [0.15, 0.2) is 0 Å². The van der Waals surface area contributed by atoms with E-state index in [4.69, 9.17) is 4.74 Å². The van der Waals surface area contributed by atoms with E-state index in [0.717, 1.165) is 5.56 Å². The molecule has 6 nitrogen and oxygen atoms in total. The first-order valence-electron chi connectivity index (χ1n) is 10.9. The first kappa shape index (κ1) is 24.6. The number of hydrogen-bond donors (Lipinski definition) is 1. The fourth-order valence-corrected chi connectivity index (χ4v) is 3.86. The van der Waals surface area contributed by atoms with Crippen molar-refractivity contribution in [3.63, 3.8) is 0 Å². The maximum atomic E-state index is 13.2. The van der Waals surface area contributed by atoms with E-state index in [0.29, 0.717) is 17.8 Å². The van der Waals surface area contributed by atoms with Gasteiger partial charge < -0.3 is 15.0 Å². The van der Waals surface area contributed by atoms with E-state index in [1.165, 1.54) is 6.20 Å². The molecule has 3 rings (SSSR count). The molecule has 1 aliphatic carbocycles. The maximum Gasteiger partial charge on any atom is 0.392 e. The van der Waals surface area contributed by atoms with Gasteiger partial charge in [0.1, 0.15) is 0 Å². The lowest BCUT2D eigenvalue weighted by atomic mass is 9.92. The summed E-state index contributed by atoms with van der Waals surface area (Å²) in [5.74, 6) is -0.902. The largest absolute Gasteiger partial charge is 0.477 e. The van der Waals surface area contributed by atoms with Gasteiger partial charge in [-0.1, -0.05) is 13.8 Å². The third kappa shape index (κ3) is 5.85. The van der Waals surface area contributed by atoms with Crippen molar-refractivity contribution in [3.8, 4) is 5.88 Å². The van der Waals surface area contributed by atoms with Crippen molar-refractivity contribution in [2.45, 2.75) is 46.3 Å². The Morgan fingerprint density at radius 1 is 1.36 bits per heavy atom. The lowest BCUT2D eigenvalue weighted by Crippen LogP contribution is -2.33. The molecule has 2 heterocycles. The zero-order valence-electron chi connectivity index (χ0n) is 19.1. The molecule has 3 unspecified atom stereocenters. The van der Waals surface area contributed by atoms with E-state index in [1.54, 1.807) is 50.0 Å². The van der Waals surface area contributed by atoms with Crippen LogP contribution in [-0.2, 0) is 9.59 Å². The number of nitrogens with zero attached hydrogens (tertiary/aromatic N) is 2. The number of fused-ring (bicyclic) bond motifs is 1. The van der Waals surface area contributed by atoms with Gasteiger partial charge in [0, 0.05) is 35.8 Å². The SMILES string of the molecule is Cc1cc(C(C)N2CC3C(NC(=O)C(C)C)=CC=C=CC3C2=O)cnc1OCCC(F)(F)F. The molecule has 1 aromatic rings. The summed E-state index contributed by atoms with van der Waals surface area (Å²) in [5, 5.41) is 2.94. The average molecular weight is 464 g/mol. The molecule has 33 heavy (non-hydrogen) atoms. The Bertz CT molecular complexity index is 1010. The van der Waals surface area contributed by atoms with Crippen LogP contribution in [0, 0.1) is 24.7 Å². The van der Waals surface area contributed by atoms with E-state index in [9.17, 15) is 22.8 Å². The zero-order valence-corrected chi connectivity index (χ0v) is 19.1. The molecule has 1 aliphatic heterocycles. The molecule has 1 fully saturated rings. The second-order valence-corrected chi connectivity index (χ2v) is 8.67. The van der Waals surface area contributed by atoms with E-state index in [1.807, 2.05) is 6.92 Å². The number of allylic oxidation sites excluding steroid dienone is 1. The molecule has 9 heteroatoms. The van der Waals surface area contributed by atoms with Crippen LogP contribution in [0.2, 0.25) is 0 Å². The molecular weight excluding hydrogens is 435 g/mol. The average Bonchev–Trinajstić information content (AvgIpc) is 2.92. The Morgan fingerprint density at radius 3 is 2.73 bits per heavy atom. The number of aryl methyl sites for hydroxylation is 1. The molecule has 2 amide bonds. The first-order chi connectivity index (χ1) is 15.5. The van der Waals surface area contributed by atoms with E-state index < -0.39 is 25.1 Å². The predicted molar refractivity (Wildman–Crippen MR) is 116 cm³/mol. The fourth-order valence-electron chi connectivity index (χ4n) is 3.86. The minimum absolute atomic E-state index is 0.0804. The molecule has 178 valence electrons. The molecule has 2 aliphatic rings. The van der Waals surface area contributed by atoms with Gasteiger partial charge in [-0.3, -0.25) is 9.59 Å². The summed E-state index contributed by atoms with van der Waals surface area (Å²) >= 11 is 0. The van der Waals surface area contributed by atoms with Crippen LogP contribution >= 0.6 is 0 Å². The van der Waals surface area contributed by atoms with Crippen LogP contribution in [0.25, 0.3) is 0 Å². The maximum absolute atomic E-state index is 13.2. The van der Waals surface area contributed by atoms with Crippen LogP contribution in [-0.4, -0.2) is 41.0 Å². The highest BCUT2D eigenvalue weighted by Gasteiger charge is 2.43. The summed E-state index contributed by atoms with van der Waals surface area (Å²) in [4.78, 5) is 31.4. The Morgan fingerprint density at radius 2 is 2.09 bits per heavy atom. The van der Waals surface area contributed by atoms with Crippen molar-refractivity contribution < 1.29 is 27.5 Å². The third-order valence-corrected chi connectivity index (χ3v) is 5.85. The Balaban J connectivity index is 1.74. The zero-order chi connectivity index (χ0) is 24.3. The number of carbonyl (C=O) groups is 2. The van der Waals surface area contributed by atoms with Gasteiger partial charge in [0.05, 0.1) is 25.0 Å². The second kappa shape index (κ2) is 9.83. The molecule has 0 bridgehead atoms. The van der Waals surface area contributed by atoms with Gasteiger partial charge in [0.2, 0.25) is 17.7 Å². The summed E-state index contributed by atoms with van der Waals surface area (Å²) in [6.45, 7) is 7.09. The van der Waals surface area contributed by atoms with Crippen molar-refractivity contribution in [2.24, 2.45) is 17.8 Å². The minimum Gasteiger partial charge on any atom is -0.477 e. The molecule has 1 aromatic heterocycles. The number of halogens is 3. The Labute approximate surface area is 191 Å². The number of aromatic nitrogens is 1. The van der Waals surface area contributed by atoms with Crippen LogP contribution in [0.3, 0.4) is 0 Å². The lowest BCUT2D eigenvalue weighted by Gasteiger charge is -2.26. The number of pyridine rings is 1. The van der Waals surface area contributed by atoms with Gasteiger partial charge in [-0.15, -0.1) is 5.73 Å². The molecule has 1 N–H and O–H groups in total.